The average Bonchev–Trinajstić information content (AvgIpc) is 2.48. The Morgan fingerprint density at radius 1 is 1.24 bits per heavy atom. The number of rotatable bonds is 4. The van der Waals surface area contributed by atoms with Crippen LogP contribution in [0.1, 0.15) is 16.8 Å². The van der Waals surface area contributed by atoms with Crippen LogP contribution in [0.3, 0.4) is 0 Å². The smallest absolute Gasteiger partial charge is 0.304 e. The molecule has 1 aromatic rings. The van der Waals surface area contributed by atoms with Gasteiger partial charge in [0.05, 0.1) is 17.0 Å². The predicted molar refractivity (Wildman–Crippen MR) is 78.9 cm³/mol. The number of carboxylic acids is 1. The lowest BCUT2D eigenvalue weighted by Crippen LogP contribution is -2.49. The van der Waals surface area contributed by atoms with Crippen molar-refractivity contribution >= 4 is 35.1 Å². The predicted octanol–water partition coefficient (Wildman–Crippen LogP) is 1.62. The van der Waals surface area contributed by atoms with E-state index in [2.05, 4.69) is 4.98 Å². The molecular weight excluding hydrogens is 317 g/mol. The second-order valence-corrected chi connectivity index (χ2v) is 5.54. The van der Waals surface area contributed by atoms with E-state index in [4.69, 9.17) is 28.3 Å². The number of aliphatic carboxylic acids is 1. The fraction of sp³-hybridized carbons (Fsp3) is 0.462. The SMILES string of the molecule is O=C(O)CCN1CCN(C(=O)c2cnc(Cl)c(Cl)c2)CC1. The third-order valence-electron chi connectivity index (χ3n) is 3.34. The molecule has 0 saturated carbocycles. The van der Waals surface area contributed by atoms with Crippen LogP contribution < -0.4 is 0 Å². The van der Waals surface area contributed by atoms with E-state index in [-0.39, 0.29) is 22.5 Å². The molecule has 1 amide bonds. The normalized spacial score (nSPS) is 16.0. The van der Waals surface area contributed by atoms with Gasteiger partial charge in [0.2, 0.25) is 0 Å². The first kappa shape index (κ1) is 16.0. The molecule has 1 N–H and O–H groups in total. The van der Waals surface area contributed by atoms with E-state index in [9.17, 15) is 9.59 Å². The van der Waals surface area contributed by atoms with Crippen LogP contribution in [-0.2, 0) is 4.79 Å². The molecular formula is C13H15Cl2N3O3. The molecule has 8 heteroatoms. The molecule has 2 heterocycles. The molecule has 0 radical (unpaired) electrons. The molecule has 1 fully saturated rings. The molecule has 1 aromatic heterocycles. The Kier molecular flexibility index (Phi) is 5.39. The summed E-state index contributed by atoms with van der Waals surface area (Å²) in [6, 6.07) is 1.51. The van der Waals surface area contributed by atoms with E-state index in [1.54, 1.807) is 4.90 Å². The highest BCUT2D eigenvalue weighted by Gasteiger charge is 2.23. The second kappa shape index (κ2) is 7.06. The minimum atomic E-state index is -0.810. The highest BCUT2D eigenvalue weighted by molar-refractivity contribution is 6.41. The van der Waals surface area contributed by atoms with E-state index in [1.807, 2.05) is 4.90 Å². The van der Waals surface area contributed by atoms with Crippen LogP contribution in [0.4, 0.5) is 0 Å². The first-order valence-corrected chi connectivity index (χ1v) is 7.27. The maximum absolute atomic E-state index is 12.3. The van der Waals surface area contributed by atoms with Crippen molar-refractivity contribution in [2.24, 2.45) is 0 Å². The van der Waals surface area contributed by atoms with Crippen molar-refractivity contribution in [2.75, 3.05) is 32.7 Å². The lowest BCUT2D eigenvalue weighted by molar-refractivity contribution is -0.137. The number of hydrogen-bond donors (Lipinski definition) is 1. The summed E-state index contributed by atoms with van der Waals surface area (Å²) < 4.78 is 0. The van der Waals surface area contributed by atoms with Gasteiger partial charge >= 0.3 is 5.97 Å². The topological polar surface area (TPSA) is 73.7 Å². The summed E-state index contributed by atoms with van der Waals surface area (Å²) in [7, 11) is 0. The summed E-state index contributed by atoms with van der Waals surface area (Å²) in [5.41, 5.74) is 0.406. The Morgan fingerprint density at radius 2 is 1.90 bits per heavy atom. The molecule has 114 valence electrons. The van der Waals surface area contributed by atoms with Gasteiger partial charge in [0.15, 0.2) is 0 Å². The quantitative estimate of drug-likeness (QED) is 0.848. The van der Waals surface area contributed by atoms with Crippen LogP contribution in [0.25, 0.3) is 0 Å². The number of carboxylic acid groups (broad SMARTS) is 1. The van der Waals surface area contributed by atoms with Crippen molar-refractivity contribution in [1.82, 2.24) is 14.8 Å². The molecule has 0 unspecified atom stereocenters. The Balaban J connectivity index is 1.90. The minimum Gasteiger partial charge on any atom is -0.481 e. The van der Waals surface area contributed by atoms with Crippen LogP contribution in [-0.4, -0.2) is 64.5 Å². The van der Waals surface area contributed by atoms with Crippen molar-refractivity contribution in [3.05, 3.63) is 28.0 Å². The van der Waals surface area contributed by atoms with Crippen molar-refractivity contribution in [3.8, 4) is 0 Å². The van der Waals surface area contributed by atoms with Gasteiger partial charge in [-0.25, -0.2) is 4.98 Å². The number of hydrogen-bond acceptors (Lipinski definition) is 4. The third-order valence-corrected chi connectivity index (χ3v) is 4.03. The molecule has 0 atom stereocenters. The van der Waals surface area contributed by atoms with Crippen LogP contribution >= 0.6 is 23.2 Å². The van der Waals surface area contributed by atoms with Crippen LogP contribution in [0.2, 0.25) is 10.2 Å². The molecule has 1 saturated heterocycles. The van der Waals surface area contributed by atoms with E-state index in [1.165, 1.54) is 12.3 Å². The summed E-state index contributed by atoms with van der Waals surface area (Å²) in [4.78, 5) is 30.5. The molecule has 1 aliphatic heterocycles. The van der Waals surface area contributed by atoms with Gasteiger partial charge in [0, 0.05) is 38.9 Å². The van der Waals surface area contributed by atoms with Gasteiger partial charge in [-0.3, -0.25) is 14.5 Å². The lowest BCUT2D eigenvalue weighted by Gasteiger charge is -2.34. The fourth-order valence-electron chi connectivity index (χ4n) is 2.15. The maximum atomic E-state index is 12.3. The molecule has 1 aliphatic rings. The number of aromatic nitrogens is 1. The number of halogens is 2. The Hall–Kier alpha value is -1.37. The second-order valence-electron chi connectivity index (χ2n) is 4.77. The number of carbonyl (C=O) groups is 2. The van der Waals surface area contributed by atoms with E-state index >= 15 is 0 Å². The van der Waals surface area contributed by atoms with Crippen LogP contribution in [0, 0.1) is 0 Å². The summed E-state index contributed by atoms with van der Waals surface area (Å²) in [6.07, 6.45) is 1.53. The Labute approximate surface area is 132 Å². The summed E-state index contributed by atoms with van der Waals surface area (Å²) in [5, 5.41) is 9.09. The summed E-state index contributed by atoms with van der Waals surface area (Å²) >= 11 is 11.6. The Morgan fingerprint density at radius 3 is 2.48 bits per heavy atom. The van der Waals surface area contributed by atoms with E-state index < -0.39 is 5.97 Å². The Bertz CT molecular complexity index is 545. The van der Waals surface area contributed by atoms with Gasteiger partial charge in [0.25, 0.3) is 5.91 Å². The number of pyridine rings is 1. The zero-order chi connectivity index (χ0) is 15.4. The van der Waals surface area contributed by atoms with Gasteiger partial charge in [-0.1, -0.05) is 23.2 Å². The fourth-order valence-corrected chi connectivity index (χ4v) is 2.42. The monoisotopic (exact) mass is 331 g/mol. The molecule has 2 rings (SSSR count). The van der Waals surface area contributed by atoms with Crippen LogP contribution in [0.15, 0.2) is 12.3 Å². The highest BCUT2D eigenvalue weighted by atomic mass is 35.5. The van der Waals surface area contributed by atoms with Gasteiger partial charge in [-0.2, -0.15) is 0 Å². The largest absolute Gasteiger partial charge is 0.481 e. The van der Waals surface area contributed by atoms with Gasteiger partial charge in [-0.15, -0.1) is 0 Å². The van der Waals surface area contributed by atoms with Crippen molar-refractivity contribution < 1.29 is 14.7 Å². The van der Waals surface area contributed by atoms with Crippen molar-refractivity contribution in [1.29, 1.82) is 0 Å². The molecule has 6 nitrogen and oxygen atoms in total. The average molecular weight is 332 g/mol. The molecule has 0 aliphatic carbocycles. The van der Waals surface area contributed by atoms with Gasteiger partial charge in [0.1, 0.15) is 5.15 Å². The van der Waals surface area contributed by atoms with E-state index in [0.717, 1.165) is 0 Å². The number of piperazine rings is 1. The van der Waals surface area contributed by atoms with E-state index in [0.29, 0.717) is 38.3 Å². The van der Waals surface area contributed by atoms with Gasteiger partial charge < -0.3 is 10.0 Å². The number of carbonyl (C=O) groups excluding carboxylic acids is 1. The minimum absolute atomic E-state index is 0.116. The third kappa shape index (κ3) is 4.30. The lowest BCUT2D eigenvalue weighted by atomic mass is 10.2. The zero-order valence-electron chi connectivity index (χ0n) is 11.3. The standard InChI is InChI=1S/C13H15Cl2N3O3/c14-10-7-9(8-16-12(10)15)13(21)18-5-3-17(4-6-18)2-1-11(19)20/h7-8H,1-6H2,(H,19,20). The van der Waals surface area contributed by atoms with Crippen molar-refractivity contribution in [3.63, 3.8) is 0 Å². The molecule has 0 aromatic carbocycles. The maximum Gasteiger partial charge on any atom is 0.304 e. The summed E-state index contributed by atoms with van der Waals surface area (Å²) in [5.74, 6) is -0.950. The zero-order valence-corrected chi connectivity index (χ0v) is 12.8. The first-order valence-electron chi connectivity index (χ1n) is 6.52. The highest BCUT2D eigenvalue weighted by Crippen LogP contribution is 2.20. The number of nitrogens with zero attached hydrogens (tertiary/aromatic N) is 3. The molecule has 21 heavy (non-hydrogen) atoms. The molecule has 0 bridgehead atoms. The molecule has 0 spiro atoms. The first-order chi connectivity index (χ1) is 9.97. The summed E-state index contributed by atoms with van der Waals surface area (Å²) in [6.45, 7) is 2.94. The number of amides is 1. The van der Waals surface area contributed by atoms with Gasteiger partial charge in [-0.05, 0) is 6.07 Å². The van der Waals surface area contributed by atoms with Crippen LogP contribution in [0.5, 0.6) is 0 Å². The van der Waals surface area contributed by atoms with Crippen molar-refractivity contribution in [2.45, 2.75) is 6.42 Å².